The number of carbonyl (C=O) groups is 2. The van der Waals surface area contributed by atoms with Crippen molar-refractivity contribution in [1.82, 2.24) is 5.32 Å². The number of hydrogen-bond donors (Lipinski definition) is 3. The summed E-state index contributed by atoms with van der Waals surface area (Å²) < 4.78 is 19.5. The lowest BCUT2D eigenvalue weighted by Crippen LogP contribution is -2.51. The topological polar surface area (TPSA) is 105 Å². The van der Waals surface area contributed by atoms with Crippen LogP contribution < -0.4 is 16.0 Å². The van der Waals surface area contributed by atoms with E-state index in [1.165, 1.54) is 13.0 Å². The quantitative estimate of drug-likeness (QED) is 0.715. The van der Waals surface area contributed by atoms with E-state index in [0.29, 0.717) is 24.3 Å². The molecule has 2 fully saturated rings. The fourth-order valence-electron chi connectivity index (χ4n) is 2.94. The number of benzene rings is 1. The smallest absolute Gasteiger partial charge is 0.407 e. The zero-order chi connectivity index (χ0) is 16.8. The van der Waals surface area contributed by atoms with Crippen molar-refractivity contribution in [1.29, 1.82) is 0 Å². The number of alkyl carbamates (subject to hydrolysis) is 1. The Balaban J connectivity index is 1.93. The highest BCUT2D eigenvalue weighted by Gasteiger charge is 2.47. The summed E-state index contributed by atoms with van der Waals surface area (Å²) in [5.41, 5.74) is 4.86. The molecule has 2 amide bonds. The van der Waals surface area contributed by atoms with Crippen LogP contribution in [0.25, 0.3) is 0 Å². The first-order chi connectivity index (χ1) is 10.8. The highest BCUT2D eigenvalue weighted by molar-refractivity contribution is 5.88. The summed E-state index contributed by atoms with van der Waals surface area (Å²) in [7, 11) is 0. The maximum absolute atomic E-state index is 14.4. The molecule has 1 aromatic carbocycles. The van der Waals surface area contributed by atoms with Crippen LogP contribution in [-0.4, -0.2) is 48.9 Å². The fourth-order valence-corrected chi connectivity index (χ4v) is 2.94. The Hall–Kier alpha value is -2.35. The van der Waals surface area contributed by atoms with Gasteiger partial charge < -0.3 is 25.8 Å². The van der Waals surface area contributed by atoms with Crippen LogP contribution in [0.3, 0.4) is 0 Å². The van der Waals surface area contributed by atoms with E-state index in [2.05, 4.69) is 5.32 Å². The lowest BCUT2D eigenvalue weighted by atomic mass is 9.76. The summed E-state index contributed by atoms with van der Waals surface area (Å²) in [5, 5.41) is 11.8. The molecule has 8 heteroatoms. The Morgan fingerprint density at radius 2 is 2.22 bits per heavy atom. The van der Waals surface area contributed by atoms with Gasteiger partial charge >= 0.3 is 6.09 Å². The lowest BCUT2D eigenvalue weighted by Gasteiger charge is -2.38. The third-order valence-electron chi connectivity index (χ3n) is 4.59. The number of aliphatic hydroxyl groups excluding tert-OH is 1. The highest BCUT2D eigenvalue weighted by Crippen LogP contribution is 2.34. The van der Waals surface area contributed by atoms with Crippen LogP contribution in [0.2, 0.25) is 0 Å². The second-order valence-corrected chi connectivity index (χ2v) is 6.07. The van der Waals surface area contributed by atoms with Gasteiger partial charge in [0.05, 0.1) is 18.3 Å². The molecular weight excluding hydrogens is 305 g/mol. The zero-order valence-electron chi connectivity index (χ0n) is 12.6. The molecule has 7 nitrogen and oxygen atoms in total. The van der Waals surface area contributed by atoms with Crippen LogP contribution in [0.1, 0.15) is 12.5 Å². The van der Waals surface area contributed by atoms with Gasteiger partial charge in [0.15, 0.2) is 0 Å². The summed E-state index contributed by atoms with van der Waals surface area (Å²) in [4.78, 5) is 24.9. The Morgan fingerprint density at radius 3 is 2.70 bits per heavy atom. The van der Waals surface area contributed by atoms with E-state index in [0.717, 1.165) is 0 Å². The van der Waals surface area contributed by atoms with Crippen molar-refractivity contribution in [2.75, 3.05) is 24.5 Å². The Labute approximate surface area is 132 Å². The number of nitrogens with zero attached hydrogens (tertiary/aromatic N) is 1. The first-order valence-electron chi connectivity index (χ1n) is 7.30. The molecule has 2 aliphatic rings. The molecule has 2 saturated heterocycles. The minimum Gasteiger partial charge on any atom is -0.443 e. The molecule has 2 heterocycles. The summed E-state index contributed by atoms with van der Waals surface area (Å²) >= 11 is 0. The summed E-state index contributed by atoms with van der Waals surface area (Å²) in [5.74, 6) is -1.22. The number of hydrogen-bond acceptors (Lipinski definition) is 5. The SMILES string of the molecule is CC(C(N)=O)(c1ccc(N2CC(O)C2)c(F)c1)C1CNC(=O)O1. The third kappa shape index (κ3) is 2.48. The lowest BCUT2D eigenvalue weighted by molar-refractivity contribution is -0.126. The molecule has 124 valence electrons. The number of anilines is 1. The van der Waals surface area contributed by atoms with Crippen LogP contribution in [-0.2, 0) is 14.9 Å². The molecule has 3 rings (SSSR count). The van der Waals surface area contributed by atoms with Crippen LogP contribution in [0.4, 0.5) is 14.9 Å². The molecule has 0 saturated carbocycles. The van der Waals surface area contributed by atoms with Crippen molar-refractivity contribution >= 4 is 17.7 Å². The average molecular weight is 323 g/mol. The van der Waals surface area contributed by atoms with Crippen molar-refractivity contribution in [3.05, 3.63) is 29.6 Å². The van der Waals surface area contributed by atoms with Crippen molar-refractivity contribution < 1.29 is 23.8 Å². The number of halogens is 1. The molecule has 4 N–H and O–H groups in total. The molecule has 2 atom stereocenters. The largest absolute Gasteiger partial charge is 0.443 e. The molecule has 0 aromatic heterocycles. The number of β-amino-alcohol motifs (C(OH)–C–C–N with tert-alkyl or cyclic N) is 1. The number of amides is 2. The van der Waals surface area contributed by atoms with Gasteiger partial charge in [0.2, 0.25) is 5.91 Å². The predicted molar refractivity (Wildman–Crippen MR) is 79.4 cm³/mol. The van der Waals surface area contributed by atoms with Crippen molar-refractivity contribution in [2.45, 2.75) is 24.5 Å². The molecule has 0 bridgehead atoms. The fraction of sp³-hybridized carbons (Fsp3) is 0.467. The molecule has 2 aliphatic heterocycles. The molecule has 1 aromatic rings. The van der Waals surface area contributed by atoms with Gasteiger partial charge in [-0.25, -0.2) is 9.18 Å². The van der Waals surface area contributed by atoms with Gasteiger partial charge in [0, 0.05) is 13.1 Å². The number of rotatable bonds is 4. The van der Waals surface area contributed by atoms with Gasteiger partial charge in [0.25, 0.3) is 0 Å². The van der Waals surface area contributed by atoms with Crippen LogP contribution >= 0.6 is 0 Å². The maximum atomic E-state index is 14.4. The van der Waals surface area contributed by atoms with Gasteiger partial charge in [-0.1, -0.05) is 6.07 Å². The monoisotopic (exact) mass is 323 g/mol. The Bertz CT molecular complexity index is 662. The Morgan fingerprint density at radius 1 is 1.52 bits per heavy atom. The van der Waals surface area contributed by atoms with E-state index in [1.54, 1.807) is 17.0 Å². The van der Waals surface area contributed by atoms with E-state index in [9.17, 15) is 19.1 Å². The van der Waals surface area contributed by atoms with E-state index in [1.807, 2.05) is 0 Å². The van der Waals surface area contributed by atoms with E-state index in [4.69, 9.17) is 10.5 Å². The summed E-state index contributed by atoms with van der Waals surface area (Å²) in [6, 6.07) is 4.37. The molecule has 0 spiro atoms. The molecule has 0 radical (unpaired) electrons. The average Bonchev–Trinajstić information content (AvgIpc) is 2.90. The van der Waals surface area contributed by atoms with Crippen LogP contribution in [0, 0.1) is 5.82 Å². The summed E-state index contributed by atoms with van der Waals surface area (Å²) in [6.07, 6.45) is -1.88. The molecule has 2 unspecified atom stereocenters. The number of primary amides is 1. The third-order valence-corrected chi connectivity index (χ3v) is 4.59. The van der Waals surface area contributed by atoms with Gasteiger partial charge in [0.1, 0.15) is 17.3 Å². The second-order valence-electron chi connectivity index (χ2n) is 6.07. The zero-order valence-corrected chi connectivity index (χ0v) is 12.6. The number of cyclic esters (lactones) is 1. The predicted octanol–water partition coefficient (Wildman–Crippen LogP) is -0.142. The van der Waals surface area contributed by atoms with Crippen LogP contribution in [0.15, 0.2) is 18.2 Å². The van der Waals surface area contributed by atoms with Gasteiger partial charge in [-0.2, -0.15) is 0 Å². The standard InChI is InChI=1S/C15H18FN3O4/c1-15(13(17)21,12-5-18-14(22)23-12)8-2-3-11(10(16)4-8)19-6-9(20)7-19/h2-4,9,12,20H,5-7H2,1H3,(H2,17,21)(H,18,22). The molecular formula is C15H18FN3O4. The first-order valence-corrected chi connectivity index (χ1v) is 7.30. The van der Waals surface area contributed by atoms with E-state index < -0.39 is 35.4 Å². The number of carbonyl (C=O) groups excluding carboxylic acids is 2. The summed E-state index contributed by atoms with van der Waals surface area (Å²) in [6.45, 7) is 2.39. The normalized spacial score (nSPS) is 23.7. The number of nitrogens with two attached hydrogens (primary N) is 1. The minimum absolute atomic E-state index is 0.125. The van der Waals surface area contributed by atoms with Crippen LogP contribution in [0.5, 0.6) is 0 Å². The van der Waals surface area contributed by atoms with Crippen molar-refractivity contribution in [3.8, 4) is 0 Å². The van der Waals surface area contributed by atoms with Gasteiger partial charge in [-0.15, -0.1) is 0 Å². The van der Waals surface area contributed by atoms with Crippen molar-refractivity contribution in [2.24, 2.45) is 5.73 Å². The first kappa shape index (κ1) is 15.5. The number of ether oxygens (including phenoxy) is 1. The number of nitrogens with one attached hydrogen (secondary N) is 1. The highest BCUT2D eigenvalue weighted by atomic mass is 19.1. The number of aliphatic hydroxyl groups is 1. The molecule has 0 aliphatic carbocycles. The minimum atomic E-state index is -1.34. The van der Waals surface area contributed by atoms with E-state index >= 15 is 0 Å². The maximum Gasteiger partial charge on any atom is 0.407 e. The second kappa shape index (κ2) is 5.38. The van der Waals surface area contributed by atoms with Crippen molar-refractivity contribution in [3.63, 3.8) is 0 Å². The molecule has 23 heavy (non-hydrogen) atoms. The van der Waals surface area contributed by atoms with Gasteiger partial charge in [-0.3, -0.25) is 4.79 Å². The van der Waals surface area contributed by atoms with E-state index in [-0.39, 0.29) is 6.54 Å². The Kier molecular flexibility index (Phi) is 3.63. The van der Waals surface area contributed by atoms with Gasteiger partial charge in [-0.05, 0) is 24.6 Å².